The Labute approximate surface area is 88.0 Å². The third-order valence-electron chi connectivity index (χ3n) is 1.49. The quantitative estimate of drug-likeness (QED) is 0.280. The van der Waals surface area contributed by atoms with E-state index in [-0.39, 0.29) is 0 Å². The van der Waals surface area contributed by atoms with E-state index >= 15 is 0 Å². The second kappa shape index (κ2) is 5.83. The maximum absolute atomic E-state index is 10.5. The first-order valence-corrected chi connectivity index (χ1v) is 4.52. The summed E-state index contributed by atoms with van der Waals surface area (Å²) in [6, 6.07) is 0. The zero-order valence-corrected chi connectivity index (χ0v) is 8.70. The van der Waals surface area contributed by atoms with Gasteiger partial charge in [0.1, 0.15) is 18.3 Å². The minimum absolute atomic E-state index is 0.755. The smallest absolute Gasteiger partial charge is 0.223 e. The number of rotatable bonds is 5. The van der Waals surface area contributed by atoms with Crippen LogP contribution >= 0.6 is 22.6 Å². The van der Waals surface area contributed by atoms with Crippen LogP contribution in [0, 0.1) is 0 Å². The summed E-state index contributed by atoms with van der Waals surface area (Å²) in [5.41, 5.74) is 0. The molecular weight excluding hydrogens is 295 g/mol. The molecule has 13 heavy (non-hydrogen) atoms. The predicted octanol–water partition coefficient (Wildman–Crippen LogP) is -2.62. The third kappa shape index (κ3) is 3.83. The Bertz CT molecular complexity index is 175. The van der Waals surface area contributed by atoms with Crippen molar-refractivity contribution in [2.24, 2.45) is 0 Å². The van der Waals surface area contributed by atoms with E-state index in [1.165, 1.54) is 22.6 Å². The summed E-state index contributed by atoms with van der Waals surface area (Å²) < 4.78 is -0.755. The summed E-state index contributed by atoms with van der Waals surface area (Å²) in [5, 5.41) is 44.3. The van der Waals surface area contributed by atoms with Gasteiger partial charge in [-0.1, -0.05) is 0 Å². The largest absolute Gasteiger partial charge is 0.394 e. The normalized spacial score (nSPS) is 20.5. The van der Waals surface area contributed by atoms with Gasteiger partial charge in [-0.3, -0.25) is 4.79 Å². The molecule has 0 bridgehead atoms. The molecule has 0 saturated heterocycles. The van der Waals surface area contributed by atoms with Gasteiger partial charge in [-0.25, -0.2) is 0 Å². The van der Waals surface area contributed by atoms with Crippen molar-refractivity contribution in [1.82, 2.24) is 0 Å². The molecule has 0 aromatic carbocycles. The van der Waals surface area contributed by atoms with Gasteiger partial charge in [0.25, 0.3) is 0 Å². The van der Waals surface area contributed by atoms with E-state index in [0.717, 1.165) is 0 Å². The van der Waals surface area contributed by atoms with Crippen LogP contribution < -0.4 is 0 Å². The lowest BCUT2D eigenvalue weighted by atomic mass is 10.0. The second-order valence-electron chi connectivity index (χ2n) is 2.48. The van der Waals surface area contributed by atoms with Crippen LogP contribution in [0.3, 0.4) is 0 Å². The minimum atomic E-state index is -1.80. The van der Waals surface area contributed by atoms with Gasteiger partial charge in [-0.05, 0) is 0 Å². The van der Waals surface area contributed by atoms with Crippen LogP contribution in [0.4, 0.5) is 0 Å². The number of carbonyl (C=O) groups excluding carboxylic acids is 1. The molecule has 0 aromatic heterocycles. The van der Waals surface area contributed by atoms with E-state index in [1.807, 2.05) is 0 Å². The lowest BCUT2D eigenvalue weighted by Crippen LogP contribution is -2.47. The monoisotopic (exact) mass is 306 g/mol. The Balaban J connectivity index is 4.24. The number of hydrogen-bond acceptors (Lipinski definition) is 6. The molecule has 0 unspecified atom stereocenters. The highest BCUT2D eigenvalue weighted by atomic mass is 127. The molecule has 6 nitrogen and oxygen atoms in total. The summed E-state index contributed by atoms with van der Waals surface area (Å²) in [5.74, 6) is 0. The number of aliphatic hydroxyl groups excluding tert-OH is 5. The molecule has 0 fully saturated rings. The van der Waals surface area contributed by atoms with Gasteiger partial charge in [0.05, 0.1) is 6.61 Å². The average Bonchev–Trinajstić information content (AvgIpc) is 2.12. The maximum atomic E-state index is 10.5. The van der Waals surface area contributed by atoms with Crippen LogP contribution in [-0.4, -0.2) is 60.3 Å². The van der Waals surface area contributed by atoms with Crippen LogP contribution in [0.1, 0.15) is 0 Å². The minimum Gasteiger partial charge on any atom is -0.394 e. The molecule has 0 aliphatic heterocycles. The fraction of sp³-hybridized carbons (Fsp3) is 0.833. The third-order valence-corrected chi connectivity index (χ3v) is 2.13. The van der Waals surface area contributed by atoms with E-state index < -0.39 is 34.8 Å². The number of halogens is 1. The fourth-order valence-electron chi connectivity index (χ4n) is 0.657. The highest BCUT2D eigenvalue weighted by Crippen LogP contribution is 2.08. The molecule has 7 heteroatoms. The van der Waals surface area contributed by atoms with Crippen molar-refractivity contribution >= 4 is 26.4 Å². The molecule has 0 rings (SSSR count). The predicted molar refractivity (Wildman–Crippen MR) is 50.1 cm³/mol. The lowest BCUT2D eigenvalue weighted by molar-refractivity contribution is -0.137. The Kier molecular flexibility index (Phi) is 5.92. The first-order chi connectivity index (χ1) is 5.91. The molecule has 0 spiro atoms. The number of aliphatic hydroxyl groups is 5. The Morgan fingerprint density at radius 1 is 1.15 bits per heavy atom. The zero-order chi connectivity index (χ0) is 10.6. The van der Waals surface area contributed by atoms with Gasteiger partial charge in [0.2, 0.25) is 3.79 Å². The molecule has 0 aromatic rings. The lowest BCUT2D eigenvalue weighted by Gasteiger charge is -2.23. The Morgan fingerprint density at radius 2 is 1.62 bits per heavy atom. The molecule has 0 heterocycles. The van der Waals surface area contributed by atoms with Gasteiger partial charge in [0, 0.05) is 22.6 Å². The highest BCUT2D eigenvalue weighted by molar-refractivity contribution is 14.1. The molecule has 0 radical (unpaired) electrons. The molecule has 78 valence electrons. The van der Waals surface area contributed by atoms with E-state index in [4.69, 9.17) is 25.5 Å². The van der Waals surface area contributed by atoms with Crippen molar-refractivity contribution in [2.75, 3.05) is 6.61 Å². The molecule has 0 aliphatic carbocycles. The van der Waals surface area contributed by atoms with Crippen LogP contribution in [0.15, 0.2) is 0 Å². The average molecular weight is 306 g/mol. The first kappa shape index (κ1) is 13.2. The maximum Gasteiger partial charge on any atom is 0.223 e. The van der Waals surface area contributed by atoms with Crippen molar-refractivity contribution in [2.45, 2.75) is 24.4 Å². The molecule has 5 N–H and O–H groups in total. The van der Waals surface area contributed by atoms with Gasteiger partial charge >= 0.3 is 0 Å². The van der Waals surface area contributed by atoms with Crippen molar-refractivity contribution in [3.8, 4) is 0 Å². The fourth-order valence-corrected chi connectivity index (χ4v) is 1.03. The highest BCUT2D eigenvalue weighted by Gasteiger charge is 2.32. The number of carbonyl (C=O) groups is 1. The molecular formula is C6H11IO6. The summed E-state index contributed by atoms with van der Waals surface area (Å²) in [6.45, 7) is -0.764. The van der Waals surface area contributed by atoms with E-state index in [9.17, 15) is 4.79 Å². The standard InChI is InChI=1S/C6H11IO6/c7-6(13)5(12)4(11)3(10)2(9)1-8/h2-5,8-12H,1H2/t2-,3-,4+,5-/m1/s1. The SMILES string of the molecule is O=C(I)[C@H](O)[C@@H](O)[C@H](O)[C@H](O)CO. The van der Waals surface area contributed by atoms with Gasteiger partial charge < -0.3 is 25.5 Å². The summed E-state index contributed by atoms with van der Waals surface area (Å²) in [6.07, 6.45) is -6.90. The summed E-state index contributed by atoms with van der Waals surface area (Å²) in [7, 11) is 0. The van der Waals surface area contributed by atoms with Crippen molar-refractivity contribution < 1.29 is 30.3 Å². The molecule has 4 atom stereocenters. The second-order valence-corrected chi connectivity index (χ2v) is 3.54. The van der Waals surface area contributed by atoms with E-state index in [2.05, 4.69) is 0 Å². The summed E-state index contributed by atoms with van der Waals surface area (Å²) in [4.78, 5) is 10.5. The first-order valence-electron chi connectivity index (χ1n) is 3.44. The van der Waals surface area contributed by atoms with Crippen LogP contribution in [0.25, 0.3) is 0 Å². The Hall–Kier alpha value is 0.200. The number of hydrogen-bond donors (Lipinski definition) is 5. The van der Waals surface area contributed by atoms with Crippen molar-refractivity contribution in [3.05, 3.63) is 0 Å². The van der Waals surface area contributed by atoms with Gasteiger partial charge in [-0.15, -0.1) is 0 Å². The van der Waals surface area contributed by atoms with Crippen LogP contribution in [-0.2, 0) is 4.79 Å². The molecule has 0 aliphatic rings. The van der Waals surface area contributed by atoms with Crippen molar-refractivity contribution in [3.63, 3.8) is 0 Å². The van der Waals surface area contributed by atoms with E-state index in [0.29, 0.717) is 0 Å². The van der Waals surface area contributed by atoms with Crippen LogP contribution in [0.2, 0.25) is 0 Å². The van der Waals surface area contributed by atoms with Gasteiger partial charge in [0.15, 0.2) is 6.10 Å². The van der Waals surface area contributed by atoms with Crippen molar-refractivity contribution in [1.29, 1.82) is 0 Å². The topological polar surface area (TPSA) is 118 Å². The zero-order valence-electron chi connectivity index (χ0n) is 6.54. The molecule has 0 amide bonds. The Morgan fingerprint density at radius 3 is 1.92 bits per heavy atom. The summed E-state index contributed by atoms with van der Waals surface area (Å²) >= 11 is 1.25. The van der Waals surface area contributed by atoms with Crippen LogP contribution in [0.5, 0.6) is 0 Å². The van der Waals surface area contributed by atoms with Gasteiger partial charge in [-0.2, -0.15) is 0 Å². The molecule has 0 saturated carbocycles. The van der Waals surface area contributed by atoms with E-state index in [1.54, 1.807) is 0 Å².